The highest BCUT2D eigenvalue weighted by atomic mass is 16.1. The highest BCUT2D eigenvalue weighted by Gasteiger charge is 2.17. The van der Waals surface area contributed by atoms with Crippen molar-refractivity contribution in [1.82, 2.24) is 10.2 Å². The fourth-order valence-corrected chi connectivity index (χ4v) is 3.93. The van der Waals surface area contributed by atoms with Gasteiger partial charge in [0.05, 0.1) is 0 Å². The van der Waals surface area contributed by atoms with Crippen LogP contribution in [0.15, 0.2) is 24.3 Å². The molecular formula is C21H32N2O. The number of nitrogens with zero attached hydrogens (tertiary/aromatic N) is 1. The lowest BCUT2D eigenvalue weighted by molar-refractivity contribution is 0.0933. The molecule has 2 fully saturated rings. The van der Waals surface area contributed by atoms with Crippen molar-refractivity contribution in [2.75, 3.05) is 13.1 Å². The number of amides is 1. The predicted octanol–water partition coefficient (Wildman–Crippen LogP) is 4.37. The summed E-state index contributed by atoms with van der Waals surface area (Å²) >= 11 is 0. The van der Waals surface area contributed by atoms with Crippen molar-refractivity contribution in [1.29, 1.82) is 0 Å². The fourth-order valence-electron chi connectivity index (χ4n) is 3.93. The van der Waals surface area contributed by atoms with E-state index in [0.717, 1.165) is 30.9 Å². The molecule has 3 nitrogen and oxygen atoms in total. The standard InChI is InChI=1S/C21H32N2O/c1-17-12-14-23(15-13-17)16-18-8-10-19(11-9-18)21(24)22-20-6-4-2-3-5-7-20/h8-11,17,20H,2-7,12-16H2,1H3,(H,22,24). The highest BCUT2D eigenvalue weighted by molar-refractivity contribution is 5.94. The summed E-state index contributed by atoms with van der Waals surface area (Å²) in [6, 6.07) is 8.61. The average molecular weight is 329 g/mol. The molecular weight excluding hydrogens is 296 g/mol. The molecule has 3 heteroatoms. The van der Waals surface area contributed by atoms with E-state index in [1.807, 2.05) is 12.1 Å². The number of carbonyl (C=O) groups excluding carboxylic acids is 1. The Labute approximate surface area is 146 Å². The molecule has 1 aromatic carbocycles. The van der Waals surface area contributed by atoms with Gasteiger partial charge in [-0.2, -0.15) is 0 Å². The van der Waals surface area contributed by atoms with Crippen molar-refractivity contribution in [2.24, 2.45) is 5.92 Å². The number of nitrogens with one attached hydrogen (secondary N) is 1. The number of rotatable bonds is 4. The topological polar surface area (TPSA) is 32.3 Å². The van der Waals surface area contributed by atoms with Gasteiger partial charge in [-0.25, -0.2) is 0 Å². The highest BCUT2D eigenvalue weighted by Crippen LogP contribution is 2.19. The Morgan fingerprint density at radius 2 is 1.62 bits per heavy atom. The quantitative estimate of drug-likeness (QED) is 0.832. The first-order valence-electron chi connectivity index (χ1n) is 9.83. The van der Waals surface area contributed by atoms with Crippen molar-refractivity contribution >= 4 is 5.91 Å². The maximum absolute atomic E-state index is 12.4. The molecule has 3 rings (SSSR count). The van der Waals surface area contributed by atoms with Gasteiger partial charge in [-0.1, -0.05) is 44.7 Å². The molecule has 1 saturated heterocycles. The van der Waals surface area contributed by atoms with Crippen LogP contribution in [0.4, 0.5) is 0 Å². The Hall–Kier alpha value is -1.35. The van der Waals surface area contributed by atoms with Gasteiger partial charge in [0.15, 0.2) is 0 Å². The number of benzene rings is 1. The van der Waals surface area contributed by atoms with E-state index in [-0.39, 0.29) is 5.91 Å². The second-order valence-corrected chi connectivity index (χ2v) is 7.82. The van der Waals surface area contributed by atoms with E-state index in [2.05, 4.69) is 29.3 Å². The normalized spacial score (nSPS) is 21.4. The second kappa shape index (κ2) is 8.66. The summed E-state index contributed by atoms with van der Waals surface area (Å²) in [5, 5.41) is 3.23. The van der Waals surface area contributed by atoms with Crippen molar-refractivity contribution < 1.29 is 4.79 Å². The summed E-state index contributed by atoms with van der Waals surface area (Å²) in [7, 11) is 0. The van der Waals surface area contributed by atoms with E-state index < -0.39 is 0 Å². The first kappa shape index (κ1) is 17.5. The van der Waals surface area contributed by atoms with E-state index in [4.69, 9.17) is 0 Å². The van der Waals surface area contributed by atoms with Gasteiger partial charge in [-0.15, -0.1) is 0 Å². The van der Waals surface area contributed by atoms with Gasteiger partial charge in [-0.05, 0) is 62.4 Å². The molecule has 0 atom stereocenters. The second-order valence-electron chi connectivity index (χ2n) is 7.82. The number of hydrogen-bond acceptors (Lipinski definition) is 2. The van der Waals surface area contributed by atoms with Crippen LogP contribution in [-0.4, -0.2) is 29.9 Å². The summed E-state index contributed by atoms with van der Waals surface area (Å²) in [6.45, 7) is 5.76. The maximum Gasteiger partial charge on any atom is 0.251 e. The van der Waals surface area contributed by atoms with Crippen LogP contribution in [0.3, 0.4) is 0 Å². The third-order valence-corrected chi connectivity index (χ3v) is 5.69. The zero-order chi connectivity index (χ0) is 16.8. The zero-order valence-electron chi connectivity index (χ0n) is 15.1. The number of hydrogen-bond donors (Lipinski definition) is 1. The molecule has 0 radical (unpaired) electrons. The molecule has 0 spiro atoms. The molecule has 24 heavy (non-hydrogen) atoms. The first-order chi connectivity index (χ1) is 11.7. The summed E-state index contributed by atoms with van der Waals surface area (Å²) in [4.78, 5) is 15.0. The Balaban J connectivity index is 1.50. The Kier molecular flexibility index (Phi) is 6.30. The summed E-state index contributed by atoms with van der Waals surface area (Å²) in [5.41, 5.74) is 2.12. The average Bonchev–Trinajstić information content (AvgIpc) is 2.86. The Morgan fingerprint density at radius 1 is 1.00 bits per heavy atom. The third-order valence-electron chi connectivity index (χ3n) is 5.69. The molecule has 1 aliphatic carbocycles. The molecule has 1 aromatic rings. The summed E-state index contributed by atoms with van der Waals surface area (Å²) in [5.74, 6) is 0.969. The molecule has 1 N–H and O–H groups in total. The van der Waals surface area contributed by atoms with Crippen molar-refractivity contribution in [3.63, 3.8) is 0 Å². The van der Waals surface area contributed by atoms with Crippen LogP contribution in [0.5, 0.6) is 0 Å². The minimum atomic E-state index is 0.0975. The van der Waals surface area contributed by atoms with Gasteiger partial charge in [0.25, 0.3) is 5.91 Å². The lowest BCUT2D eigenvalue weighted by Crippen LogP contribution is -2.34. The lowest BCUT2D eigenvalue weighted by atomic mass is 9.99. The number of carbonyl (C=O) groups is 1. The van der Waals surface area contributed by atoms with Gasteiger partial charge >= 0.3 is 0 Å². The Bertz CT molecular complexity index is 509. The molecule has 1 saturated carbocycles. The lowest BCUT2D eigenvalue weighted by Gasteiger charge is -2.30. The first-order valence-corrected chi connectivity index (χ1v) is 9.83. The minimum absolute atomic E-state index is 0.0975. The van der Waals surface area contributed by atoms with Crippen molar-refractivity contribution in [2.45, 2.75) is 70.9 Å². The van der Waals surface area contributed by atoms with E-state index in [1.54, 1.807) is 0 Å². The monoisotopic (exact) mass is 328 g/mol. The van der Waals surface area contributed by atoms with E-state index >= 15 is 0 Å². The Morgan fingerprint density at radius 3 is 2.25 bits per heavy atom. The molecule has 1 aliphatic heterocycles. The van der Waals surface area contributed by atoms with Crippen LogP contribution in [0.25, 0.3) is 0 Å². The molecule has 1 heterocycles. The van der Waals surface area contributed by atoms with Crippen molar-refractivity contribution in [3.8, 4) is 0 Å². The van der Waals surface area contributed by atoms with Gasteiger partial charge in [0, 0.05) is 18.2 Å². The van der Waals surface area contributed by atoms with Gasteiger partial charge in [0.1, 0.15) is 0 Å². The maximum atomic E-state index is 12.4. The summed E-state index contributed by atoms with van der Waals surface area (Å²) in [6.07, 6.45) is 10.0. The van der Waals surface area contributed by atoms with Crippen LogP contribution < -0.4 is 5.32 Å². The molecule has 2 aliphatic rings. The minimum Gasteiger partial charge on any atom is -0.349 e. The van der Waals surface area contributed by atoms with Crippen molar-refractivity contribution in [3.05, 3.63) is 35.4 Å². The SMILES string of the molecule is CC1CCN(Cc2ccc(C(=O)NC3CCCCCC3)cc2)CC1. The number of likely N-dealkylation sites (tertiary alicyclic amines) is 1. The van der Waals surface area contributed by atoms with Crippen LogP contribution in [0.2, 0.25) is 0 Å². The number of piperidine rings is 1. The van der Waals surface area contributed by atoms with E-state index in [9.17, 15) is 4.79 Å². The van der Waals surface area contributed by atoms with Crippen LogP contribution in [0, 0.1) is 5.92 Å². The molecule has 132 valence electrons. The molecule has 1 amide bonds. The molecule has 0 aromatic heterocycles. The molecule has 0 bridgehead atoms. The van der Waals surface area contributed by atoms with Gasteiger partial charge in [-0.3, -0.25) is 9.69 Å². The van der Waals surface area contributed by atoms with E-state index in [0.29, 0.717) is 6.04 Å². The van der Waals surface area contributed by atoms with Crippen LogP contribution in [-0.2, 0) is 6.54 Å². The molecule has 0 unspecified atom stereocenters. The third kappa shape index (κ3) is 5.07. The predicted molar refractivity (Wildman–Crippen MR) is 99.1 cm³/mol. The fraction of sp³-hybridized carbons (Fsp3) is 0.667. The largest absolute Gasteiger partial charge is 0.349 e. The van der Waals surface area contributed by atoms with E-state index in [1.165, 1.54) is 57.2 Å². The van der Waals surface area contributed by atoms with Gasteiger partial charge < -0.3 is 5.32 Å². The van der Waals surface area contributed by atoms with Crippen LogP contribution in [0.1, 0.15) is 74.2 Å². The zero-order valence-corrected chi connectivity index (χ0v) is 15.1. The summed E-state index contributed by atoms with van der Waals surface area (Å²) < 4.78 is 0. The van der Waals surface area contributed by atoms with Crippen LogP contribution >= 0.6 is 0 Å². The van der Waals surface area contributed by atoms with Gasteiger partial charge in [0.2, 0.25) is 0 Å². The smallest absolute Gasteiger partial charge is 0.251 e.